The minimum absolute atomic E-state index is 0.0727. The highest BCUT2D eigenvalue weighted by molar-refractivity contribution is 4.94. The van der Waals surface area contributed by atoms with E-state index in [1.807, 2.05) is 0 Å². The van der Waals surface area contributed by atoms with E-state index in [1.54, 1.807) is 0 Å². The molecule has 1 aliphatic rings. The van der Waals surface area contributed by atoms with Crippen molar-refractivity contribution in [3.63, 3.8) is 0 Å². The fraction of sp³-hybridized carbons (Fsp3) is 0.833. The summed E-state index contributed by atoms with van der Waals surface area (Å²) in [6, 6.07) is 0.514. The number of aryl methyl sites for hydroxylation is 1. The molecule has 1 aromatic rings. The zero-order chi connectivity index (χ0) is 13.0. The monoisotopic (exact) mass is 254 g/mol. The predicted molar refractivity (Wildman–Crippen MR) is 67.1 cm³/mol. The van der Waals surface area contributed by atoms with E-state index in [0.717, 1.165) is 32.5 Å². The lowest BCUT2D eigenvalue weighted by atomic mass is 10.2. The predicted octanol–water partition coefficient (Wildman–Crippen LogP) is 0.743. The Morgan fingerprint density at radius 2 is 2.33 bits per heavy atom. The lowest BCUT2D eigenvalue weighted by molar-refractivity contribution is -0.0450. The first-order valence-corrected chi connectivity index (χ1v) is 6.59. The lowest BCUT2D eigenvalue weighted by Crippen LogP contribution is -2.42. The SMILES string of the molecule is CC(C)N1CCOC(c2noc(CCCN)n2)C1. The molecule has 0 spiro atoms. The zero-order valence-corrected chi connectivity index (χ0v) is 11.1. The summed E-state index contributed by atoms with van der Waals surface area (Å²) in [7, 11) is 0. The average Bonchev–Trinajstić information content (AvgIpc) is 2.85. The molecule has 2 N–H and O–H groups in total. The Balaban J connectivity index is 1.95. The molecule has 0 radical (unpaired) electrons. The maximum absolute atomic E-state index is 5.71. The second kappa shape index (κ2) is 6.26. The Bertz CT molecular complexity index is 367. The van der Waals surface area contributed by atoms with Crippen LogP contribution in [-0.2, 0) is 11.2 Å². The van der Waals surface area contributed by atoms with Crippen LogP contribution in [0.15, 0.2) is 4.52 Å². The van der Waals surface area contributed by atoms with Crippen molar-refractivity contribution in [2.75, 3.05) is 26.2 Å². The maximum Gasteiger partial charge on any atom is 0.226 e. The maximum atomic E-state index is 5.71. The summed E-state index contributed by atoms with van der Waals surface area (Å²) >= 11 is 0. The first-order chi connectivity index (χ1) is 8.70. The summed E-state index contributed by atoms with van der Waals surface area (Å²) in [5.74, 6) is 1.31. The van der Waals surface area contributed by atoms with Gasteiger partial charge in [0.1, 0.15) is 6.10 Å². The summed E-state index contributed by atoms with van der Waals surface area (Å²) in [5.41, 5.74) is 5.46. The molecule has 0 aliphatic carbocycles. The minimum Gasteiger partial charge on any atom is -0.367 e. The van der Waals surface area contributed by atoms with Crippen LogP contribution in [-0.4, -0.2) is 47.3 Å². The number of hydrogen-bond donors (Lipinski definition) is 1. The van der Waals surface area contributed by atoms with E-state index in [0.29, 0.717) is 24.3 Å². The highest BCUT2D eigenvalue weighted by Gasteiger charge is 2.27. The van der Waals surface area contributed by atoms with Crippen molar-refractivity contribution in [1.82, 2.24) is 15.0 Å². The largest absolute Gasteiger partial charge is 0.367 e. The van der Waals surface area contributed by atoms with Crippen LogP contribution in [0.2, 0.25) is 0 Å². The van der Waals surface area contributed by atoms with Gasteiger partial charge in [0.25, 0.3) is 0 Å². The summed E-state index contributed by atoms with van der Waals surface area (Å²) in [6.45, 7) is 7.52. The molecule has 1 aliphatic heterocycles. The molecule has 0 saturated carbocycles. The summed E-state index contributed by atoms with van der Waals surface area (Å²) in [6.07, 6.45) is 1.53. The van der Waals surface area contributed by atoms with Crippen molar-refractivity contribution in [1.29, 1.82) is 0 Å². The molecule has 0 amide bonds. The van der Waals surface area contributed by atoms with Gasteiger partial charge in [-0.25, -0.2) is 0 Å². The molecule has 0 bridgehead atoms. The average molecular weight is 254 g/mol. The third kappa shape index (κ3) is 3.28. The van der Waals surface area contributed by atoms with Gasteiger partial charge in [0.15, 0.2) is 0 Å². The highest BCUT2D eigenvalue weighted by atomic mass is 16.5. The number of rotatable bonds is 5. The molecule has 1 unspecified atom stereocenters. The molecular formula is C12H22N4O2. The number of hydrogen-bond acceptors (Lipinski definition) is 6. The number of ether oxygens (including phenoxy) is 1. The van der Waals surface area contributed by atoms with Crippen molar-refractivity contribution in [3.05, 3.63) is 11.7 Å². The van der Waals surface area contributed by atoms with E-state index >= 15 is 0 Å². The Morgan fingerprint density at radius 3 is 3.06 bits per heavy atom. The summed E-state index contributed by atoms with van der Waals surface area (Å²) in [5, 5.41) is 4.01. The molecule has 1 fully saturated rings. The van der Waals surface area contributed by atoms with Crippen molar-refractivity contribution < 1.29 is 9.26 Å². The van der Waals surface area contributed by atoms with Gasteiger partial charge in [0.05, 0.1) is 6.61 Å². The molecule has 6 heteroatoms. The van der Waals surface area contributed by atoms with E-state index in [-0.39, 0.29) is 6.10 Å². The number of nitrogens with zero attached hydrogens (tertiary/aromatic N) is 3. The van der Waals surface area contributed by atoms with Gasteiger partial charge in [-0.1, -0.05) is 5.16 Å². The molecule has 2 rings (SSSR count). The van der Waals surface area contributed by atoms with E-state index < -0.39 is 0 Å². The van der Waals surface area contributed by atoms with Gasteiger partial charge in [-0.05, 0) is 26.8 Å². The van der Waals surface area contributed by atoms with E-state index in [4.69, 9.17) is 15.0 Å². The van der Waals surface area contributed by atoms with Gasteiger partial charge in [-0.3, -0.25) is 4.90 Å². The standard InChI is InChI=1S/C12H22N4O2/c1-9(2)16-6-7-17-10(8-16)12-14-11(18-15-12)4-3-5-13/h9-10H,3-8,13H2,1-2H3. The van der Waals surface area contributed by atoms with Crippen LogP contribution in [0.25, 0.3) is 0 Å². The minimum atomic E-state index is -0.0727. The van der Waals surface area contributed by atoms with Crippen LogP contribution in [0.4, 0.5) is 0 Å². The first-order valence-electron chi connectivity index (χ1n) is 6.59. The Labute approximate surface area is 107 Å². The lowest BCUT2D eigenvalue weighted by Gasteiger charge is -2.34. The van der Waals surface area contributed by atoms with Crippen LogP contribution in [0.5, 0.6) is 0 Å². The fourth-order valence-corrected chi connectivity index (χ4v) is 2.05. The molecular weight excluding hydrogens is 232 g/mol. The summed E-state index contributed by atoms with van der Waals surface area (Å²) < 4.78 is 10.9. The van der Waals surface area contributed by atoms with Gasteiger partial charge in [0, 0.05) is 25.6 Å². The van der Waals surface area contributed by atoms with Gasteiger partial charge in [0.2, 0.25) is 11.7 Å². The van der Waals surface area contributed by atoms with Crippen molar-refractivity contribution in [3.8, 4) is 0 Å². The number of morpholine rings is 1. The number of aromatic nitrogens is 2. The third-order valence-electron chi connectivity index (χ3n) is 3.19. The van der Waals surface area contributed by atoms with Crippen LogP contribution >= 0.6 is 0 Å². The molecule has 0 aromatic carbocycles. The molecule has 6 nitrogen and oxygen atoms in total. The zero-order valence-electron chi connectivity index (χ0n) is 11.1. The topological polar surface area (TPSA) is 77.4 Å². The second-order valence-electron chi connectivity index (χ2n) is 4.89. The molecule has 1 atom stereocenters. The Morgan fingerprint density at radius 1 is 1.50 bits per heavy atom. The first kappa shape index (κ1) is 13.5. The molecule has 18 heavy (non-hydrogen) atoms. The van der Waals surface area contributed by atoms with Crippen LogP contribution in [0, 0.1) is 0 Å². The van der Waals surface area contributed by atoms with Crippen LogP contribution in [0.1, 0.15) is 38.1 Å². The second-order valence-corrected chi connectivity index (χ2v) is 4.89. The Kier molecular flexibility index (Phi) is 4.68. The van der Waals surface area contributed by atoms with E-state index in [1.165, 1.54) is 0 Å². The van der Waals surface area contributed by atoms with Crippen molar-refractivity contribution in [2.24, 2.45) is 5.73 Å². The van der Waals surface area contributed by atoms with Crippen LogP contribution < -0.4 is 5.73 Å². The Hall–Kier alpha value is -0.980. The molecule has 2 heterocycles. The van der Waals surface area contributed by atoms with Gasteiger partial charge in [-0.15, -0.1) is 0 Å². The molecule has 1 saturated heterocycles. The van der Waals surface area contributed by atoms with Crippen molar-refractivity contribution >= 4 is 0 Å². The van der Waals surface area contributed by atoms with E-state index in [2.05, 4.69) is 28.9 Å². The summed E-state index contributed by atoms with van der Waals surface area (Å²) in [4.78, 5) is 6.75. The fourth-order valence-electron chi connectivity index (χ4n) is 2.05. The molecule has 102 valence electrons. The van der Waals surface area contributed by atoms with Gasteiger partial charge < -0.3 is 15.0 Å². The van der Waals surface area contributed by atoms with Gasteiger partial charge >= 0.3 is 0 Å². The van der Waals surface area contributed by atoms with E-state index in [9.17, 15) is 0 Å². The van der Waals surface area contributed by atoms with Gasteiger partial charge in [-0.2, -0.15) is 4.98 Å². The molecule has 1 aromatic heterocycles. The smallest absolute Gasteiger partial charge is 0.226 e. The quantitative estimate of drug-likeness (QED) is 0.835. The highest BCUT2D eigenvalue weighted by Crippen LogP contribution is 2.21. The normalized spacial score (nSPS) is 21.7. The van der Waals surface area contributed by atoms with Crippen LogP contribution in [0.3, 0.4) is 0 Å². The number of nitrogens with two attached hydrogens (primary N) is 1. The third-order valence-corrected chi connectivity index (χ3v) is 3.19. The van der Waals surface area contributed by atoms with Crippen molar-refractivity contribution in [2.45, 2.75) is 38.8 Å².